The molecule has 0 radical (unpaired) electrons. The number of hydrogen-bond acceptors (Lipinski definition) is 4. The molecule has 152 valence electrons. The number of halogens is 2. The lowest BCUT2D eigenvalue weighted by atomic mass is 9.74. The molecule has 29 heavy (non-hydrogen) atoms. The predicted molar refractivity (Wildman–Crippen MR) is 118 cm³/mol. The Morgan fingerprint density at radius 1 is 1.10 bits per heavy atom. The maximum absolute atomic E-state index is 12.3. The van der Waals surface area contributed by atoms with Gasteiger partial charge in [0.1, 0.15) is 0 Å². The average molecular weight is 451 g/mol. The lowest BCUT2D eigenvalue weighted by Gasteiger charge is -2.39. The fourth-order valence-corrected chi connectivity index (χ4v) is 5.92. The molecule has 2 aromatic carbocycles. The second kappa shape index (κ2) is 6.52. The monoisotopic (exact) mass is 450 g/mol. The van der Waals surface area contributed by atoms with Crippen LogP contribution in [0.15, 0.2) is 36.4 Å². The van der Waals surface area contributed by atoms with Gasteiger partial charge in [0.2, 0.25) is 16.0 Å². The van der Waals surface area contributed by atoms with Gasteiger partial charge in [0.15, 0.2) is 0 Å². The number of nitrogens with one attached hydrogen (secondary N) is 1. The molecular weight excluding hydrogens is 431 g/mol. The van der Waals surface area contributed by atoms with Crippen molar-refractivity contribution in [1.82, 2.24) is 9.97 Å². The fourth-order valence-electron chi connectivity index (χ4n) is 4.60. The summed E-state index contributed by atoms with van der Waals surface area (Å²) in [5.74, 6) is 0.791. The highest BCUT2D eigenvalue weighted by Crippen LogP contribution is 2.48. The third-order valence-corrected chi connectivity index (χ3v) is 7.97. The van der Waals surface area contributed by atoms with Gasteiger partial charge in [-0.25, -0.2) is 13.4 Å². The van der Waals surface area contributed by atoms with Crippen molar-refractivity contribution in [3.05, 3.63) is 52.0 Å². The number of H-pyrrole nitrogens is 1. The van der Waals surface area contributed by atoms with Crippen molar-refractivity contribution in [2.24, 2.45) is 0 Å². The van der Waals surface area contributed by atoms with E-state index >= 15 is 0 Å². The summed E-state index contributed by atoms with van der Waals surface area (Å²) in [6, 6.07) is 11.4. The minimum atomic E-state index is -3.31. The Kier molecular flexibility index (Phi) is 4.28. The standard InChI is InChI=1S/C20H20Cl2N4O2S/c1-29(27,28)26-12-20(13-4-2-3-5-18(13)26)6-8-25(9-7-20)19-23-16-10-14(21)15(22)11-17(16)24-19/h2-5,10-11H,6-9,12H2,1H3,(H,23,24). The molecule has 0 bridgehead atoms. The van der Waals surface area contributed by atoms with Gasteiger partial charge in [0, 0.05) is 25.0 Å². The minimum Gasteiger partial charge on any atom is -0.342 e. The third kappa shape index (κ3) is 3.07. The van der Waals surface area contributed by atoms with Crippen LogP contribution in [0, 0.1) is 0 Å². The van der Waals surface area contributed by atoms with Gasteiger partial charge in [0.25, 0.3) is 0 Å². The molecule has 0 atom stereocenters. The number of nitrogens with zero attached hydrogens (tertiary/aromatic N) is 3. The number of aromatic nitrogens is 2. The van der Waals surface area contributed by atoms with E-state index in [0.717, 1.165) is 54.2 Å². The SMILES string of the molecule is CS(=O)(=O)N1CC2(CCN(c3nc4cc(Cl)c(Cl)cc4[nH]3)CC2)c2ccccc21. The molecule has 1 spiro atoms. The van der Waals surface area contributed by atoms with Crippen molar-refractivity contribution >= 4 is 55.9 Å². The maximum atomic E-state index is 12.3. The van der Waals surface area contributed by atoms with Crippen LogP contribution in [0.4, 0.5) is 11.6 Å². The number of fused-ring (bicyclic) bond motifs is 3. The molecule has 6 nitrogen and oxygen atoms in total. The van der Waals surface area contributed by atoms with E-state index < -0.39 is 10.0 Å². The van der Waals surface area contributed by atoms with Crippen molar-refractivity contribution in [3.63, 3.8) is 0 Å². The molecule has 1 N–H and O–H groups in total. The lowest BCUT2D eigenvalue weighted by Crippen LogP contribution is -2.46. The smallest absolute Gasteiger partial charge is 0.232 e. The molecule has 3 heterocycles. The Labute approximate surface area is 179 Å². The molecule has 3 aromatic rings. The van der Waals surface area contributed by atoms with Gasteiger partial charge < -0.3 is 9.88 Å². The van der Waals surface area contributed by atoms with Crippen LogP contribution in [0.1, 0.15) is 18.4 Å². The summed E-state index contributed by atoms with van der Waals surface area (Å²) in [6.45, 7) is 2.07. The number of hydrogen-bond donors (Lipinski definition) is 1. The molecule has 1 saturated heterocycles. The Morgan fingerprint density at radius 2 is 1.79 bits per heavy atom. The van der Waals surface area contributed by atoms with Gasteiger partial charge in [-0.1, -0.05) is 41.4 Å². The maximum Gasteiger partial charge on any atom is 0.232 e. The van der Waals surface area contributed by atoms with Crippen LogP contribution < -0.4 is 9.21 Å². The summed E-state index contributed by atoms with van der Waals surface area (Å²) >= 11 is 12.2. The van der Waals surface area contributed by atoms with Crippen molar-refractivity contribution < 1.29 is 8.42 Å². The highest BCUT2D eigenvalue weighted by atomic mass is 35.5. The molecule has 2 aliphatic heterocycles. The predicted octanol–water partition coefficient (Wildman–Crippen LogP) is 4.19. The Bertz CT molecular complexity index is 1180. The summed E-state index contributed by atoms with van der Waals surface area (Å²) in [5.41, 5.74) is 3.42. The summed E-state index contributed by atoms with van der Waals surface area (Å²) in [7, 11) is -3.31. The Balaban J connectivity index is 1.43. The molecule has 0 saturated carbocycles. The number of rotatable bonds is 2. The molecule has 1 fully saturated rings. The number of benzene rings is 2. The van der Waals surface area contributed by atoms with Gasteiger partial charge in [-0.3, -0.25) is 4.31 Å². The first kappa shape index (κ1) is 19.0. The van der Waals surface area contributed by atoms with Crippen LogP contribution in [0.3, 0.4) is 0 Å². The fraction of sp³-hybridized carbons (Fsp3) is 0.350. The van der Waals surface area contributed by atoms with E-state index in [1.54, 1.807) is 16.4 Å². The summed E-state index contributed by atoms with van der Waals surface area (Å²) in [6.07, 6.45) is 2.99. The Hall–Kier alpha value is -1.96. The molecule has 2 aliphatic rings. The number of piperidine rings is 1. The average Bonchev–Trinajstić information content (AvgIpc) is 3.23. The molecule has 5 rings (SSSR count). The molecule has 1 aromatic heterocycles. The van der Waals surface area contributed by atoms with Crippen LogP contribution in [0.2, 0.25) is 10.0 Å². The van der Waals surface area contributed by atoms with E-state index in [2.05, 4.69) is 20.9 Å². The number of para-hydroxylation sites is 1. The molecular formula is C20H20Cl2N4O2S. The van der Waals surface area contributed by atoms with Gasteiger partial charge in [0.05, 0.1) is 33.0 Å². The number of anilines is 2. The quantitative estimate of drug-likeness (QED) is 0.635. The van der Waals surface area contributed by atoms with E-state index in [4.69, 9.17) is 23.2 Å². The first-order valence-corrected chi connectivity index (χ1v) is 12.0. The second-order valence-electron chi connectivity index (χ2n) is 7.90. The van der Waals surface area contributed by atoms with Crippen molar-refractivity contribution in [2.45, 2.75) is 18.3 Å². The molecule has 9 heteroatoms. The highest BCUT2D eigenvalue weighted by molar-refractivity contribution is 7.92. The van der Waals surface area contributed by atoms with Crippen LogP contribution in [-0.2, 0) is 15.4 Å². The van der Waals surface area contributed by atoms with Gasteiger partial charge >= 0.3 is 0 Å². The van der Waals surface area contributed by atoms with Crippen LogP contribution in [0.5, 0.6) is 0 Å². The lowest BCUT2D eigenvalue weighted by molar-refractivity contribution is 0.355. The zero-order valence-corrected chi connectivity index (χ0v) is 18.2. The summed E-state index contributed by atoms with van der Waals surface area (Å²) < 4.78 is 26.2. The first-order valence-electron chi connectivity index (χ1n) is 9.44. The number of imidazole rings is 1. The molecule has 0 unspecified atom stereocenters. The molecule has 0 amide bonds. The van der Waals surface area contributed by atoms with E-state index in [-0.39, 0.29) is 5.41 Å². The van der Waals surface area contributed by atoms with Crippen molar-refractivity contribution in [1.29, 1.82) is 0 Å². The third-order valence-electron chi connectivity index (χ3n) is 6.12. The highest BCUT2D eigenvalue weighted by Gasteiger charge is 2.47. The zero-order chi connectivity index (χ0) is 20.4. The van der Waals surface area contributed by atoms with Crippen LogP contribution >= 0.6 is 23.2 Å². The van der Waals surface area contributed by atoms with E-state index in [1.165, 1.54) is 6.26 Å². The Morgan fingerprint density at radius 3 is 2.52 bits per heavy atom. The van der Waals surface area contributed by atoms with Crippen molar-refractivity contribution in [3.8, 4) is 0 Å². The minimum absolute atomic E-state index is 0.158. The van der Waals surface area contributed by atoms with E-state index in [9.17, 15) is 8.42 Å². The normalized spacial score (nSPS) is 18.6. The first-order chi connectivity index (χ1) is 13.8. The number of aromatic amines is 1. The topological polar surface area (TPSA) is 69.3 Å². The van der Waals surface area contributed by atoms with E-state index in [1.807, 2.05) is 18.2 Å². The zero-order valence-electron chi connectivity index (χ0n) is 15.8. The second-order valence-corrected chi connectivity index (χ2v) is 10.6. The van der Waals surface area contributed by atoms with Gasteiger partial charge in [-0.15, -0.1) is 0 Å². The van der Waals surface area contributed by atoms with Gasteiger partial charge in [-0.05, 0) is 36.6 Å². The number of sulfonamides is 1. The summed E-state index contributed by atoms with van der Waals surface area (Å²) in [5, 5.41) is 0.980. The van der Waals surface area contributed by atoms with Crippen LogP contribution in [-0.4, -0.2) is 44.3 Å². The van der Waals surface area contributed by atoms with Crippen molar-refractivity contribution in [2.75, 3.05) is 35.1 Å². The van der Waals surface area contributed by atoms with Gasteiger partial charge in [-0.2, -0.15) is 0 Å². The largest absolute Gasteiger partial charge is 0.342 e. The summed E-state index contributed by atoms with van der Waals surface area (Å²) in [4.78, 5) is 10.2. The molecule has 0 aliphatic carbocycles. The van der Waals surface area contributed by atoms with Crippen LogP contribution in [0.25, 0.3) is 11.0 Å². The van der Waals surface area contributed by atoms with E-state index in [0.29, 0.717) is 16.6 Å².